The molecular formula is C45H51N11O5. The van der Waals surface area contributed by atoms with E-state index in [1.165, 1.54) is 11.6 Å². The summed E-state index contributed by atoms with van der Waals surface area (Å²) in [4.78, 5) is 60.8. The molecule has 2 aromatic carbocycles. The van der Waals surface area contributed by atoms with E-state index in [1.807, 2.05) is 30.9 Å². The first-order valence-electron chi connectivity index (χ1n) is 21.0. The fourth-order valence-corrected chi connectivity index (χ4v) is 8.71. The number of rotatable bonds is 9. The van der Waals surface area contributed by atoms with E-state index in [1.54, 1.807) is 29.6 Å². The molecule has 3 aromatic heterocycles. The number of hydrogen-bond donors (Lipinski definition) is 3. The molecule has 9 rings (SSSR count). The van der Waals surface area contributed by atoms with Crippen LogP contribution < -0.4 is 10.6 Å². The number of pyridine rings is 1. The number of ether oxygens (including phenoxy) is 1. The van der Waals surface area contributed by atoms with Crippen molar-refractivity contribution in [3.63, 3.8) is 0 Å². The van der Waals surface area contributed by atoms with Crippen LogP contribution in [0.15, 0.2) is 61.1 Å². The molecule has 61 heavy (non-hydrogen) atoms. The summed E-state index contributed by atoms with van der Waals surface area (Å²) >= 11 is 0. The van der Waals surface area contributed by atoms with E-state index in [0.717, 1.165) is 79.7 Å². The number of piperazine rings is 1. The zero-order valence-corrected chi connectivity index (χ0v) is 34.6. The van der Waals surface area contributed by atoms with Crippen molar-refractivity contribution in [2.24, 2.45) is 0 Å². The number of nitrogens with two attached hydrogens (primary N) is 1. The number of phenolic OH excluding ortho intramolecular Hbond substituents is 2. The predicted molar refractivity (Wildman–Crippen MR) is 228 cm³/mol. The molecule has 4 aliphatic heterocycles. The van der Waals surface area contributed by atoms with Gasteiger partial charge >= 0.3 is 0 Å². The van der Waals surface area contributed by atoms with Gasteiger partial charge in [0.05, 0.1) is 47.8 Å². The number of benzene rings is 2. The number of morpholine rings is 1. The first kappa shape index (κ1) is 40.2. The van der Waals surface area contributed by atoms with Crippen LogP contribution in [0.5, 0.6) is 11.5 Å². The number of amides is 2. The van der Waals surface area contributed by atoms with Gasteiger partial charge in [-0.1, -0.05) is 32.0 Å². The van der Waals surface area contributed by atoms with Gasteiger partial charge in [-0.2, -0.15) is 0 Å². The Kier molecular flexibility index (Phi) is 11.2. The number of phenols is 2. The average Bonchev–Trinajstić information content (AvgIpc) is 3.70. The van der Waals surface area contributed by atoms with Gasteiger partial charge in [-0.25, -0.2) is 19.9 Å². The van der Waals surface area contributed by atoms with Gasteiger partial charge in [0.1, 0.15) is 17.3 Å². The van der Waals surface area contributed by atoms with Crippen LogP contribution in [-0.4, -0.2) is 126 Å². The first-order valence-corrected chi connectivity index (χ1v) is 21.0. The van der Waals surface area contributed by atoms with Crippen LogP contribution in [0.3, 0.4) is 0 Å². The summed E-state index contributed by atoms with van der Waals surface area (Å²) in [6.07, 6.45) is 5.58. The minimum Gasteiger partial charge on any atom is -0.508 e. The molecule has 4 aliphatic rings. The molecule has 5 aromatic rings. The van der Waals surface area contributed by atoms with Gasteiger partial charge in [-0.3, -0.25) is 24.4 Å². The smallest absolute Gasteiger partial charge is 0.258 e. The number of nitrogen functional groups attached to an aromatic ring is 1. The number of anilines is 2. The summed E-state index contributed by atoms with van der Waals surface area (Å²) in [6, 6.07) is 13.2. The average molecular weight is 826 g/mol. The second-order valence-electron chi connectivity index (χ2n) is 16.6. The van der Waals surface area contributed by atoms with E-state index in [9.17, 15) is 19.8 Å². The molecule has 0 spiro atoms. The van der Waals surface area contributed by atoms with Crippen LogP contribution in [0.2, 0.25) is 0 Å². The Morgan fingerprint density at radius 1 is 0.754 bits per heavy atom. The normalized spacial score (nSPS) is 17.1. The zero-order valence-electron chi connectivity index (χ0n) is 34.6. The summed E-state index contributed by atoms with van der Waals surface area (Å²) in [5.41, 5.74) is 14.0. The van der Waals surface area contributed by atoms with Crippen molar-refractivity contribution in [1.82, 2.24) is 44.5 Å². The number of nitrogens with zero attached hydrogens (tertiary/aromatic N) is 10. The number of hydrogen-bond acceptors (Lipinski definition) is 14. The lowest BCUT2D eigenvalue weighted by Crippen LogP contribution is -2.45. The molecule has 0 saturated carbocycles. The van der Waals surface area contributed by atoms with Crippen molar-refractivity contribution in [2.75, 3.05) is 69.7 Å². The van der Waals surface area contributed by atoms with Crippen molar-refractivity contribution in [3.8, 4) is 22.9 Å². The highest BCUT2D eigenvalue weighted by Gasteiger charge is 2.31. The van der Waals surface area contributed by atoms with Crippen molar-refractivity contribution in [1.29, 1.82) is 0 Å². The Morgan fingerprint density at radius 2 is 1.49 bits per heavy atom. The van der Waals surface area contributed by atoms with Crippen molar-refractivity contribution in [3.05, 3.63) is 111 Å². The van der Waals surface area contributed by atoms with E-state index >= 15 is 0 Å². The predicted octanol–water partition coefficient (Wildman–Crippen LogP) is 3.95. The van der Waals surface area contributed by atoms with E-state index < -0.39 is 0 Å². The van der Waals surface area contributed by atoms with Crippen molar-refractivity contribution < 1.29 is 24.5 Å². The summed E-state index contributed by atoms with van der Waals surface area (Å²) in [6.45, 7) is 13.6. The molecule has 0 atom stereocenters. The molecule has 2 amide bonds. The zero-order chi connectivity index (χ0) is 42.2. The van der Waals surface area contributed by atoms with E-state index in [4.69, 9.17) is 25.4 Å². The van der Waals surface area contributed by atoms with Gasteiger partial charge < -0.3 is 35.4 Å². The molecule has 4 N–H and O–H groups in total. The molecule has 0 aliphatic carbocycles. The Bertz CT molecular complexity index is 2430. The maximum atomic E-state index is 13.8. The monoisotopic (exact) mass is 825 g/mol. The largest absolute Gasteiger partial charge is 0.508 e. The lowest BCUT2D eigenvalue weighted by molar-refractivity contribution is 0.0728. The number of fused-ring (bicyclic) bond motifs is 2. The standard InChI is InChI=1S/C45H51N11O5/c1-28(2)36-18-37(40(58)19-39(36)57)44(60)56-24-31-4-3-29(17-32(31)25-56)23-52-9-11-53(12-10-52)26-34-6-5-30(20-47-34)43(59)55-8-7-35-38(27-55)50-41(33-21-48-45(46)49-22-33)51-42(35)54-13-15-61-16-14-54/h3-6,17-22,28,57-58H,7-16,23-27H2,1-2H3,(H2,46,48,49). The Labute approximate surface area is 354 Å². The molecule has 0 radical (unpaired) electrons. The quantitative estimate of drug-likeness (QED) is 0.194. The molecule has 2 fully saturated rings. The second-order valence-corrected chi connectivity index (χ2v) is 16.6. The fraction of sp³-hybridized carbons (Fsp3) is 0.400. The third kappa shape index (κ3) is 8.56. The van der Waals surface area contributed by atoms with Gasteiger partial charge in [0.15, 0.2) is 5.82 Å². The highest BCUT2D eigenvalue weighted by molar-refractivity contribution is 5.97. The molecule has 16 nitrogen and oxygen atoms in total. The Hall–Kier alpha value is -6.23. The van der Waals surface area contributed by atoms with Gasteiger partial charge in [-0.05, 0) is 52.8 Å². The Morgan fingerprint density at radius 3 is 2.21 bits per heavy atom. The van der Waals surface area contributed by atoms with E-state index in [-0.39, 0.29) is 40.7 Å². The van der Waals surface area contributed by atoms with Crippen LogP contribution >= 0.6 is 0 Å². The van der Waals surface area contributed by atoms with Crippen LogP contribution in [0.1, 0.15) is 79.7 Å². The molecule has 316 valence electrons. The summed E-state index contributed by atoms with van der Waals surface area (Å²) in [5.74, 6) is 1.04. The lowest BCUT2D eigenvalue weighted by atomic mass is 9.98. The highest BCUT2D eigenvalue weighted by Crippen LogP contribution is 2.35. The molecule has 7 heterocycles. The third-order valence-corrected chi connectivity index (χ3v) is 12.2. The molecular weight excluding hydrogens is 775 g/mol. The van der Waals surface area contributed by atoms with Crippen LogP contribution in [0.25, 0.3) is 11.4 Å². The Balaban J connectivity index is 0.782. The number of carbonyl (C=O) groups excluding carboxylic acids is 2. The molecule has 16 heteroatoms. The van der Waals surface area contributed by atoms with Gasteiger partial charge in [0.2, 0.25) is 5.95 Å². The summed E-state index contributed by atoms with van der Waals surface area (Å²) < 4.78 is 5.60. The first-order chi connectivity index (χ1) is 29.6. The topological polar surface area (TPSA) is 190 Å². The number of aromatic hydroxyl groups is 2. The molecule has 0 unspecified atom stereocenters. The maximum Gasteiger partial charge on any atom is 0.258 e. The maximum absolute atomic E-state index is 13.8. The third-order valence-electron chi connectivity index (χ3n) is 12.2. The van der Waals surface area contributed by atoms with E-state index in [2.05, 4.69) is 42.9 Å². The van der Waals surface area contributed by atoms with Gasteiger partial charge in [0, 0.05) is 102 Å². The van der Waals surface area contributed by atoms with Gasteiger partial charge in [0.25, 0.3) is 11.8 Å². The molecule has 2 saturated heterocycles. The minimum absolute atomic E-state index is 0.00263. The lowest BCUT2D eigenvalue weighted by Gasteiger charge is -2.34. The van der Waals surface area contributed by atoms with Crippen LogP contribution in [-0.2, 0) is 43.9 Å². The molecule has 0 bridgehead atoms. The van der Waals surface area contributed by atoms with Crippen LogP contribution in [0, 0.1) is 0 Å². The SMILES string of the molecule is CC(C)c1cc(C(=O)N2Cc3ccc(CN4CCN(Cc5ccc(C(=O)N6CCc7c(nc(-c8cnc(N)nc8)nc7N7CCOCC7)C6)cn5)CC4)cc3C2)c(O)cc1O. The summed E-state index contributed by atoms with van der Waals surface area (Å²) in [5, 5.41) is 20.8. The van der Waals surface area contributed by atoms with E-state index in [0.29, 0.717) is 74.9 Å². The fourth-order valence-electron chi connectivity index (χ4n) is 8.71. The van der Waals surface area contributed by atoms with Crippen molar-refractivity contribution in [2.45, 2.75) is 58.9 Å². The van der Waals surface area contributed by atoms with Crippen LogP contribution in [0.4, 0.5) is 11.8 Å². The number of carbonyl (C=O) groups is 2. The summed E-state index contributed by atoms with van der Waals surface area (Å²) in [7, 11) is 0. The second kappa shape index (κ2) is 17.0. The number of aromatic nitrogens is 5. The van der Waals surface area contributed by atoms with Gasteiger partial charge in [-0.15, -0.1) is 0 Å². The van der Waals surface area contributed by atoms with Crippen molar-refractivity contribution >= 4 is 23.6 Å². The minimum atomic E-state index is -0.243. The highest BCUT2D eigenvalue weighted by atomic mass is 16.5.